The zero-order valence-corrected chi connectivity index (χ0v) is 8.88. The molecule has 0 bridgehead atoms. The summed E-state index contributed by atoms with van der Waals surface area (Å²) in [5.41, 5.74) is 1.89. The summed E-state index contributed by atoms with van der Waals surface area (Å²) in [5.74, 6) is 2.50. The summed E-state index contributed by atoms with van der Waals surface area (Å²) in [6.07, 6.45) is 5.77. The van der Waals surface area contributed by atoms with E-state index in [4.69, 9.17) is 18.0 Å². The topological polar surface area (TPSA) is 20.2 Å². The molecule has 1 nitrogen and oxygen atoms in total. The molecule has 1 aromatic rings. The molecule has 0 aliphatic heterocycles. The van der Waals surface area contributed by atoms with Crippen molar-refractivity contribution in [2.24, 2.45) is 0 Å². The van der Waals surface area contributed by atoms with Crippen molar-refractivity contribution in [1.82, 2.24) is 0 Å². The Hall–Kier alpha value is -0.970. The van der Waals surface area contributed by atoms with Gasteiger partial charge in [-0.25, -0.2) is 0 Å². The summed E-state index contributed by atoms with van der Waals surface area (Å²) in [4.78, 5) is 0. The molecule has 2 heteroatoms. The Balaban J connectivity index is 2.79. The predicted octanol–water partition coefficient (Wildman–Crippen LogP) is 3.10. The number of aliphatic hydroxyl groups excluding tert-OH is 1. The van der Waals surface area contributed by atoms with Crippen molar-refractivity contribution in [3.8, 4) is 12.3 Å². The van der Waals surface area contributed by atoms with Crippen molar-refractivity contribution in [1.29, 1.82) is 0 Å². The Kier molecular flexibility index (Phi) is 4.00. The first-order chi connectivity index (χ1) is 6.63. The molecule has 0 aromatic heterocycles. The third-order valence-corrected chi connectivity index (χ3v) is 2.23. The van der Waals surface area contributed by atoms with E-state index >= 15 is 0 Å². The average Bonchev–Trinajstić information content (AvgIpc) is 2.12. The van der Waals surface area contributed by atoms with E-state index in [9.17, 15) is 5.11 Å². The highest BCUT2D eigenvalue weighted by Crippen LogP contribution is 2.23. The largest absolute Gasteiger partial charge is 0.388 e. The Bertz CT molecular complexity index is 332. The number of aryl methyl sites for hydroxylation is 1. The zero-order valence-electron chi connectivity index (χ0n) is 8.13. The minimum absolute atomic E-state index is 0.511. The molecule has 1 atom stereocenters. The van der Waals surface area contributed by atoms with Gasteiger partial charge < -0.3 is 5.11 Å². The highest BCUT2D eigenvalue weighted by atomic mass is 35.5. The SMILES string of the molecule is C#CCCC(O)c1cc(C)cc(Cl)c1. The lowest BCUT2D eigenvalue weighted by Crippen LogP contribution is -1.97. The molecule has 0 saturated heterocycles. The van der Waals surface area contributed by atoms with Crippen molar-refractivity contribution in [3.05, 3.63) is 34.3 Å². The molecule has 0 saturated carbocycles. The van der Waals surface area contributed by atoms with Crippen molar-refractivity contribution in [3.63, 3.8) is 0 Å². The van der Waals surface area contributed by atoms with E-state index in [2.05, 4.69) is 5.92 Å². The lowest BCUT2D eigenvalue weighted by Gasteiger charge is -2.10. The maximum absolute atomic E-state index is 9.75. The molecule has 1 N–H and O–H groups in total. The number of benzene rings is 1. The molecule has 14 heavy (non-hydrogen) atoms. The highest BCUT2D eigenvalue weighted by molar-refractivity contribution is 6.30. The van der Waals surface area contributed by atoms with Gasteiger partial charge in [-0.3, -0.25) is 0 Å². The van der Waals surface area contributed by atoms with Crippen LogP contribution in [0.2, 0.25) is 5.02 Å². The van der Waals surface area contributed by atoms with Crippen LogP contribution in [0.1, 0.15) is 30.1 Å². The second-order valence-corrected chi connectivity index (χ2v) is 3.76. The Labute approximate surface area is 89.7 Å². The maximum atomic E-state index is 9.75. The van der Waals surface area contributed by atoms with E-state index in [0.717, 1.165) is 11.1 Å². The van der Waals surface area contributed by atoms with Gasteiger partial charge in [0.25, 0.3) is 0 Å². The van der Waals surface area contributed by atoms with Crippen LogP contribution in [0.4, 0.5) is 0 Å². The molecule has 0 amide bonds. The summed E-state index contributed by atoms with van der Waals surface area (Å²) < 4.78 is 0. The molecule has 0 aliphatic rings. The number of rotatable bonds is 3. The lowest BCUT2D eigenvalue weighted by atomic mass is 10.0. The van der Waals surface area contributed by atoms with E-state index in [1.165, 1.54) is 0 Å². The van der Waals surface area contributed by atoms with Gasteiger partial charge >= 0.3 is 0 Å². The molecule has 74 valence electrons. The van der Waals surface area contributed by atoms with Gasteiger partial charge in [0, 0.05) is 11.4 Å². The molecule has 1 aromatic carbocycles. The fraction of sp³-hybridized carbons (Fsp3) is 0.333. The summed E-state index contributed by atoms with van der Waals surface area (Å²) in [5, 5.41) is 10.4. The molecule has 0 aliphatic carbocycles. The van der Waals surface area contributed by atoms with Crippen LogP contribution < -0.4 is 0 Å². The van der Waals surface area contributed by atoms with E-state index < -0.39 is 6.10 Å². The van der Waals surface area contributed by atoms with Crippen LogP contribution in [0.3, 0.4) is 0 Å². The average molecular weight is 209 g/mol. The first-order valence-corrected chi connectivity index (χ1v) is 4.90. The van der Waals surface area contributed by atoms with E-state index in [-0.39, 0.29) is 0 Å². The smallest absolute Gasteiger partial charge is 0.0799 e. The van der Waals surface area contributed by atoms with Gasteiger partial charge in [-0.15, -0.1) is 12.3 Å². The van der Waals surface area contributed by atoms with Gasteiger partial charge in [0.1, 0.15) is 0 Å². The zero-order chi connectivity index (χ0) is 10.6. The quantitative estimate of drug-likeness (QED) is 0.757. The van der Waals surface area contributed by atoms with Gasteiger partial charge in [-0.1, -0.05) is 17.7 Å². The molecule has 0 spiro atoms. The summed E-state index contributed by atoms with van der Waals surface area (Å²) in [6.45, 7) is 1.95. The van der Waals surface area contributed by atoms with Gasteiger partial charge in [-0.05, 0) is 36.6 Å². The Morgan fingerprint density at radius 1 is 1.50 bits per heavy atom. The number of hydrogen-bond acceptors (Lipinski definition) is 1. The lowest BCUT2D eigenvalue weighted by molar-refractivity contribution is 0.169. The molecule has 0 radical (unpaired) electrons. The fourth-order valence-corrected chi connectivity index (χ4v) is 1.64. The first-order valence-electron chi connectivity index (χ1n) is 4.52. The van der Waals surface area contributed by atoms with E-state index in [1.54, 1.807) is 6.07 Å². The summed E-state index contributed by atoms with van der Waals surface area (Å²) in [6, 6.07) is 5.56. The normalized spacial score (nSPS) is 12.1. The maximum Gasteiger partial charge on any atom is 0.0799 e. The molecule has 1 rings (SSSR count). The van der Waals surface area contributed by atoms with Gasteiger partial charge in [0.15, 0.2) is 0 Å². The number of halogens is 1. The van der Waals surface area contributed by atoms with Gasteiger partial charge in [-0.2, -0.15) is 0 Å². The third kappa shape index (κ3) is 3.06. The van der Waals surface area contributed by atoms with Gasteiger partial charge in [0.2, 0.25) is 0 Å². The van der Waals surface area contributed by atoms with Crippen LogP contribution >= 0.6 is 11.6 Å². The molecular formula is C12H13ClO. The Morgan fingerprint density at radius 3 is 2.79 bits per heavy atom. The van der Waals surface area contributed by atoms with Crippen molar-refractivity contribution >= 4 is 11.6 Å². The van der Waals surface area contributed by atoms with E-state index in [0.29, 0.717) is 17.9 Å². The number of terminal acetylenes is 1. The summed E-state index contributed by atoms with van der Waals surface area (Å²) >= 11 is 5.88. The van der Waals surface area contributed by atoms with E-state index in [1.807, 2.05) is 19.1 Å². The van der Waals surface area contributed by atoms with Crippen LogP contribution in [0, 0.1) is 19.3 Å². The second-order valence-electron chi connectivity index (χ2n) is 3.32. The van der Waals surface area contributed by atoms with Crippen LogP contribution in [-0.2, 0) is 0 Å². The van der Waals surface area contributed by atoms with Crippen LogP contribution in [0.5, 0.6) is 0 Å². The standard InChI is InChI=1S/C12H13ClO/c1-3-4-5-12(14)10-6-9(2)7-11(13)8-10/h1,6-8,12,14H,4-5H2,2H3. The molecule has 0 heterocycles. The van der Waals surface area contributed by atoms with Crippen molar-refractivity contribution in [2.45, 2.75) is 25.9 Å². The monoisotopic (exact) mass is 208 g/mol. The predicted molar refractivity (Wildman–Crippen MR) is 59.2 cm³/mol. The van der Waals surface area contributed by atoms with Crippen LogP contribution in [0.15, 0.2) is 18.2 Å². The minimum Gasteiger partial charge on any atom is -0.388 e. The number of aliphatic hydroxyl groups is 1. The van der Waals surface area contributed by atoms with Crippen LogP contribution in [-0.4, -0.2) is 5.11 Å². The minimum atomic E-state index is -0.511. The molecular weight excluding hydrogens is 196 g/mol. The first kappa shape index (κ1) is 11.1. The van der Waals surface area contributed by atoms with Crippen molar-refractivity contribution in [2.75, 3.05) is 0 Å². The van der Waals surface area contributed by atoms with Gasteiger partial charge in [0.05, 0.1) is 6.10 Å². The molecule has 1 unspecified atom stereocenters. The van der Waals surface area contributed by atoms with Crippen molar-refractivity contribution < 1.29 is 5.11 Å². The highest BCUT2D eigenvalue weighted by Gasteiger charge is 2.07. The summed E-state index contributed by atoms with van der Waals surface area (Å²) in [7, 11) is 0. The number of hydrogen-bond donors (Lipinski definition) is 1. The van der Waals surface area contributed by atoms with Crippen LogP contribution in [0.25, 0.3) is 0 Å². The second kappa shape index (κ2) is 5.05. The molecule has 0 fully saturated rings. The third-order valence-electron chi connectivity index (χ3n) is 2.01. The Morgan fingerprint density at radius 2 is 2.21 bits per heavy atom. The fourth-order valence-electron chi connectivity index (χ4n) is 1.34.